The van der Waals surface area contributed by atoms with Gasteiger partial charge >= 0.3 is 0 Å². The maximum Gasteiger partial charge on any atom is 0.167 e. The molecule has 0 unspecified atom stereocenters. The van der Waals surface area contributed by atoms with E-state index in [1.807, 2.05) is 121 Å². The lowest BCUT2D eigenvalue weighted by Gasteiger charge is -2.13. The zero-order chi connectivity index (χ0) is 34.1. The van der Waals surface area contributed by atoms with E-state index in [2.05, 4.69) is 24.3 Å². The van der Waals surface area contributed by atoms with Crippen molar-refractivity contribution in [3.8, 4) is 68.3 Å². The number of fused-ring (bicyclic) bond motifs is 2. The molecule has 7 heteroatoms. The summed E-state index contributed by atoms with van der Waals surface area (Å²) in [5.41, 5.74) is 4.15. The molecule has 0 amide bonds. The summed E-state index contributed by atoms with van der Waals surface area (Å²) in [7, 11) is 0. The fraction of sp³-hybridized carbons (Fsp3) is 0. The molecule has 9 aromatic rings. The van der Waals surface area contributed by atoms with Gasteiger partial charge in [0.05, 0.1) is 5.56 Å². The van der Waals surface area contributed by atoms with Gasteiger partial charge in [0.1, 0.15) is 5.82 Å². The smallest absolute Gasteiger partial charge is 0.167 e. The molecule has 0 bridgehead atoms. The summed E-state index contributed by atoms with van der Waals surface area (Å²) in [6.45, 7) is 0. The highest BCUT2D eigenvalue weighted by molar-refractivity contribution is 5.97. The van der Waals surface area contributed by atoms with E-state index in [1.165, 1.54) is 6.07 Å². The average Bonchev–Trinajstić information content (AvgIpc) is 3.21. The molecule has 0 atom stereocenters. The number of aromatic nitrogens is 6. The molecule has 6 nitrogen and oxygen atoms in total. The zero-order valence-corrected chi connectivity index (χ0v) is 27.1. The van der Waals surface area contributed by atoms with Crippen LogP contribution >= 0.6 is 0 Å². The van der Waals surface area contributed by atoms with Crippen LogP contribution in [0.5, 0.6) is 0 Å². The molecule has 0 spiro atoms. The first kappa shape index (κ1) is 30.1. The van der Waals surface area contributed by atoms with Crippen molar-refractivity contribution in [2.24, 2.45) is 0 Å². The van der Waals surface area contributed by atoms with E-state index in [0.717, 1.165) is 43.8 Å². The quantitative estimate of drug-likeness (QED) is 0.177. The van der Waals surface area contributed by atoms with Gasteiger partial charge in [-0.05, 0) is 39.7 Å². The highest BCUT2D eigenvalue weighted by Gasteiger charge is 2.20. The van der Waals surface area contributed by atoms with Crippen LogP contribution in [0, 0.1) is 5.82 Å². The molecule has 0 aliphatic carbocycles. The fourth-order valence-corrected chi connectivity index (χ4v) is 6.35. The first-order valence-electron chi connectivity index (χ1n) is 16.6. The van der Waals surface area contributed by atoms with E-state index in [0.29, 0.717) is 34.7 Å². The summed E-state index contributed by atoms with van der Waals surface area (Å²) in [4.78, 5) is 29.4. The van der Waals surface area contributed by atoms with Gasteiger partial charge in [0.2, 0.25) is 0 Å². The van der Waals surface area contributed by atoms with Gasteiger partial charge in [0.25, 0.3) is 0 Å². The molecule has 2 aromatic heterocycles. The monoisotopic (exact) mass is 658 g/mol. The second-order valence-electron chi connectivity index (χ2n) is 12.1. The van der Waals surface area contributed by atoms with Gasteiger partial charge in [-0.1, -0.05) is 146 Å². The third-order valence-electron chi connectivity index (χ3n) is 8.86. The largest absolute Gasteiger partial charge is 0.208 e. The van der Waals surface area contributed by atoms with Crippen LogP contribution in [0.3, 0.4) is 0 Å². The molecule has 0 aliphatic rings. The van der Waals surface area contributed by atoms with Crippen LogP contribution < -0.4 is 0 Å². The Bertz CT molecular complexity index is 2550. The number of hydrogen-bond acceptors (Lipinski definition) is 6. The van der Waals surface area contributed by atoms with E-state index in [-0.39, 0.29) is 11.4 Å². The van der Waals surface area contributed by atoms with Gasteiger partial charge in [-0.2, -0.15) is 0 Å². The number of rotatable bonds is 6. The molecule has 0 aliphatic heterocycles. The maximum absolute atomic E-state index is 16.1. The first-order chi connectivity index (χ1) is 25.2. The molecule has 0 fully saturated rings. The van der Waals surface area contributed by atoms with Crippen molar-refractivity contribution in [3.05, 3.63) is 170 Å². The van der Waals surface area contributed by atoms with E-state index in [4.69, 9.17) is 29.9 Å². The van der Waals surface area contributed by atoms with E-state index < -0.39 is 5.82 Å². The second kappa shape index (κ2) is 12.8. The Labute approximate surface area is 293 Å². The van der Waals surface area contributed by atoms with Crippen molar-refractivity contribution in [1.82, 2.24) is 29.9 Å². The molecule has 9 rings (SSSR count). The zero-order valence-electron chi connectivity index (χ0n) is 27.1. The highest BCUT2D eigenvalue weighted by atomic mass is 19.1. The molecule has 51 heavy (non-hydrogen) atoms. The summed E-state index contributed by atoms with van der Waals surface area (Å²) in [6, 6.07) is 52.5. The van der Waals surface area contributed by atoms with Crippen molar-refractivity contribution in [2.75, 3.05) is 0 Å². The predicted octanol–water partition coefficient (Wildman–Crippen LogP) is 10.5. The number of benzene rings is 7. The Morgan fingerprint density at radius 3 is 1.20 bits per heavy atom. The lowest BCUT2D eigenvalue weighted by atomic mass is 10.0. The number of hydrogen-bond donors (Lipinski definition) is 0. The van der Waals surface area contributed by atoms with Gasteiger partial charge in [-0.15, -0.1) is 0 Å². The summed E-state index contributed by atoms with van der Waals surface area (Å²) < 4.78 is 16.1. The summed E-state index contributed by atoms with van der Waals surface area (Å²) >= 11 is 0. The van der Waals surface area contributed by atoms with Crippen LogP contribution in [0.2, 0.25) is 0 Å². The topological polar surface area (TPSA) is 77.3 Å². The van der Waals surface area contributed by atoms with Crippen LogP contribution in [0.15, 0.2) is 164 Å². The molecule has 240 valence electrons. The molecular formula is C44H27FN6. The Balaban J connectivity index is 1.26. The molecule has 7 aromatic carbocycles. The molecule has 2 heterocycles. The van der Waals surface area contributed by atoms with Gasteiger partial charge in [0, 0.05) is 27.8 Å². The first-order valence-corrected chi connectivity index (χ1v) is 16.6. The standard InChI is InChI=1S/C44H27FN6/c45-38-26-25-32(41-47-39(30-15-3-1-4-16-30)46-40(48-41)31-17-5-2-6-18-31)27-37(38)44-50-42(35-23-11-19-28-13-7-9-21-33(28)35)49-43(51-44)36-24-12-20-29-14-8-10-22-34(29)36/h1-27H. The van der Waals surface area contributed by atoms with Gasteiger partial charge < -0.3 is 0 Å². The minimum Gasteiger partial charge on any atom is -0.208 e. The number of nitrogens with zero attached hydrogens (tertiary/aromatic N) is 6. The Morgan fingerprint density at radius 1 is 0.294 bits per heavy atom. The molecular weight excluding hydrogens is 632 g/mol. The van der Waals surface area contributed by atoms with Crippen molar-refractivity contribution >= 4 is 21.5 Å². The molecule has 0 radical (unpaired) electrons. The Hall–Kier alpha value is -6.99. The van der Waals surface area contributed by atoms with E-state index in [9.17, 15) is 0 Å². The summed E-state index contributed by atoms with van der Waals surface area (Å²) in [6.07, 6.45) is 0. The van der Waals surface area contributed by atoms with E-state index >= 15 is 4.39 Å². The lowest BCUT2D eigenvalue weighted by molar-refractivity contribution is 0.630. The average molecular weight is 659 g/mol. The Kier molecular flexibility index (Phi) is 7.55. The van der Waals surface area contributed by atoms with Crippen LogP contribution in [-0.2, 0) is 0 Å². The van der Waals surface area contributed by atoms with Crippen LogP contribution in [0.1, 0.15) is 0 Å². The van der Waals surface area contributed by atoms with Crippen LogP contribution in [-0.4, -0.2) is 29.9 Å². The predicted molar refractivity (Wildman–Crippen MR) is 201 cm³/mol. The SMILES string of the molecule is Fc1ccc(-c2nc(-c3ccccc3)nc(-c3ccccc3)n2)cc1-c1nc(-c2cccc3ccccc23)nc(-c2cccc3ccccc23)n1. The van der Waals surface area contributed by atoms with Gasteiger partial charge in [0.15, 0.2) is 34.9 Å². The molecule has 0 saturated carbocycles. The van der Waals surface area contributed by atoms with Crippen molar-refractivity contribution in [2.45, 2.75) is 0 Å². The second-order valence-corrected chi connectivity index (χ2v) is 12.1. The maximum atomic E-state index is 16.1. The van der Waals surface area contributed by atoms with E-state index in [1.54, 1.807) is 12.1 Å². The highest BCUT2D eigenvalue weighted by Crippen LogP contribution is 2.34. The third kappa shape index (κ3) is 5.77. The van der Waals surface area contributed by atoms with Crippen LogP contribution in [0.4, 0.5) is 4.39 Å². The summed E-state index contributed by atoms with van der Waals surface area (Å²) in [5, 5.41) is 4.08. The normalized spacial score (nSPS) is 11.2. The van der Waals surface area contributed by atoms with Crippen LogP contribution in [0.25, 0.3) is 89.9 Å². The minimum atomic E-state index is -0.474. The number of halogens is 1. The fourth-order valence-electron chi connectivity index (χ4n) is 6.35. The van der Waals surface area contributed by atoms with Gasteiger partial charge in [-0.3, -0.25) is 0 Å². The van der Waals surface area contributed by atoms with Crippen molar-refractivity contribution in [3.63, 3.8) is 0 Å². The van der Waals surface area contributed by atoms with Crippen molar-refractivity contribution < 1.29 is 4.39 Å². The lowest BCUT2D eigenvalue weighted by Crippen LogP contribution is -2.03. The molecule has 0 saturated heterocycles. The Morgan fingerprint density at radius 2 is 0.686 bits per heavy atom. The molecule has 0 N–H and O–H groups in total. The minimum absolute atomic E-state index is 0.204. The van der Waals surface area contributed by atoms with Gasteiger partial charge in [-0.25, -0.2) is 34.3 Å². The van der Waals surface area contributed by atoms with Crippen molar-refractivity contribution in [1.29, 1.82) is 0 Å². The summed E-state index contributed by atoms with van der Waals surface area (Å²) in [5.74, 6) is 2.06. The third-order valence-corrected chi connectivity index (χ3v) is 8.86.